The van der Waals surface area contributed by atoms with Gasteiger partial charge in [0.1, 0.15) is 5.75 Å². The van der Waals surface area contributed by atoms with Crippen molar-refractivity contribution in [1.29, 1.82) is 0 Å². The van der Waals surface area contributed by atoms with Gasteiger partial charge in [0.05, 0.1) is 5.60 Å². The summed E-state index contributed by atoms with van der Waals surface area (Å²) in [6.45, 7) is 5.65. The normalized spacial score (nSPS) is 41.6. The second kappa shape index (κ2) is 6.49. The number of benzene rings is 1. The Hall–Kier alpha value is -1.06. The van der Waals surface area contributed by atoms with Crippen LogP contribution in [-0.4, -0.2) is 40.3 Å². The van der Waals surface area contributed by atoms with Crippen LogP contribution >= 0.6 is 0 Å². The molecule has 2 saturated carbocycles. The fourth-order valence-corrected chi connectivity index (χ4v) is 7.43. The molecule has 3 fully saturated rings. The van der Waals surface area contributed by atoms with Crippen molar-refractivity contribution in [1.82, 2.24) is 4.90 Å². The Balaban J connectivity index is 1.40. The third-order valence-corrected chi connectivity index (χ3v) is 8.97. The molecule has 3 nitrogen and oxygen atoms in total. The predicted octanol–water partition coefficient (Wildman–Crippen LogP) is 4.47. The first-order chi connectivity index (χ1) is 13.0. The summed E-state index contributed by atoms with van der Waals surface area (Å²) in [6.07, 6.45) is 10.8. The SMILES string of the molecule is C[C@@]12CC[C@@H]3c4ccc(O)cc4CC[C@@H]3[C@@H]1CC[C@]2(O)CN1CCCCC1. The monoisotopic (exact) mass is 369 g/mol. The van der Waals surface area contributed by atoms with Crippen molar-refractivity contribution < 1.29 is 10.2 Å². The first-order valence-corrected chi connectivity index (χ1v) is 11.3. The standard InChI is InChI=1S/C24H35NO2/c1-23-11-9-20-19-8-6-18(26)15-17(19)5-7-21(20)22(23)10-12-24(23,27)16-25-13-3-2-4-14-25/h6,8,15,20-22,26-27H,2-5,7,9-14,16H2,1H3/t20-,21+,22+,23-,24+/m1/s1. The van der Waals surface area contributed by atoms with Gasteiger partial charge < -0.3 is 15.1 Å². The summed E-state index contributed by atoms with van der Waals surface area (Å²) in [6, 6.07) is 6.04. The van der Waals surface area contributed by atoms with E-state index in [1.807, 2.05) is 12.1 Å². The number of nitrogens with zero attached hydrogens (tertiary/aromatic N) is 1. The molecule has 5 rings (SSSR count). The van der Waals surface area contributed by atoms with Gasteiger partial charge in [-0.25, -0.2) is 0 Å². The Labute approximate surface area is 163 Å². The van der Waals surface area contributed by atoms with E-state index in [9.17, 15) is 10.2 Å². The summed E-state index contributed by atoms with van der Waals surface area (Å²) in [5.74, 6) is 2.39. The van der Waals surface area contributed by atoms with Gasteiger partial charge in [-0.1, -0.05) is 19.4 Å². The molecule has 0 unspecified atom stereocenters. The van der Waals surface area contributed by atoms with Crippen LogP contribution in [-0.2, 0) is 6.42 Å². The van der Waals surface area contributed by atoms with Gasteiger partial charge in [0.15, 0.2) is 0 Å². The number of fused-ring (bicyclic) bond motifs is 5. The average Bonchev–Trinajstić information content (AvgIpc) is 2.93. The molecular weight excluding hydrogens is 334 g/mol. The van der Waals surface area contributed by atoms with Crippen LogP contribution in [0.2, 0.25) is 0 Å². The maximum absolute atomic E-state index is 11.8. The van der Waals surface area contributed by atoms with Gasteiger partial charge >= 0.3 is 0 Å². The Kier molecular flexibility index (Phi) is 4.32. The van der Waals surface area contributed by atoms with Crippen molar-refractivity contribution in [3.8, 4) is 5.75 Å². The van der Waals surface area contributed by atoms with Crippen LogP contribution in [0.5, 0.6) is 5.75 Å². The van der Waals surface area contributed by atoms with Crippen molar-refractivity contribution in [3.63, 3.8) is 0 Å². The van der Waals surface area contributed by atoms with Crippen molar-refractivity contribution in [2.45, 2.75) is 76.2 Å². The van der Waals surface area contributed by atoms with Crippen LogP contribution in [0.25, 0.3) is 0 Å². The highest BCUT2D eigenvalue weighted by Gasteiger charge is 2.61. The lowest BCUT2D eigenvalue weighted by molar-refractivity contribution is -0.118. The topological polar surface area (TPSA) is 43.7 Å². The molecule has 0 radical (unpaired) electrons. The van der Waals surface area contributed by atoms with E-state index in [4.69, 9.17) is 0 Å². The molecule has 0 spiro atoms. The molecule has 1 heterocycles. The van der Waals surface area contributed by atoms with Crippen LogP contribution in [0.4, 0.5) is 0 Å². The molecule has 2 N–H and O–H groups in total. The second-order valence-electron chi connectivity index (χ2n) is 10.2. The van der Waals surface area contributed by atoms with Gasteiger partial charge in [-0.3, -0.25) is 0 Å². The number of aromatic hydroxyl groups is 1. The molecule has 0 aromatic heterocycles. The van der Waals surface area contributed by atoms with Gasteiger partial charge in [0.25, 0.3) is 0 Å². The molecule has 0 bridgehead atoms. The predicted molar refractivity (Wildman–Crippen MR) is 108 cm³/mol. The highest BCUT2D eigenvalue weighted by molar-refractivity contribution is 5.40. The third kappa shape index (κ3) is 2.76. The van der Waals surface area contributed by atoms with E-state index >= 15 is 0 Å². The number of hydrogen-bond acceptors (Lipinski definition) is 3. The summed E-state index contributed by atoms with van der Waals surface area (Å²) in [4.78, 5) is 2.54. The average molecular weight is 370 g/mol. The number of aliphatic hydroxyl groups is 1. The molecule has 4 aliphatic rings. The van der Waals surface area contributed by atoms with Gasteiger partial charge in [-0.05, 0) is 105 Å². The Morgan fingerprint density at radius 2 is 1.89 bits per heavy atom. The lowest BCUT2D eigenvalue weighted by atomic mass is 9.53. The number of aryl methyl sites for hydroxylation is 1. The van der Waals surface area contributed by atoms with E-state index in [-0.39, 0.29) is 5.41 Å². The number of β-amino-alcohol motifs (C(OH)–C–C–N with tert-alkyl or cyclic N) is 1. The van der Waals surface area contributed by atoms with Crippen LogP contribution in [0.15, 0.2) is 18.2 Å². The van der Waals surface area contributed by atoms with Crippen molar-refractivity contribution in [2.75, 3.05) is 19.6 Å². The molecule has 0 amide bonds. The molecular formula is C24H35NO2. The number of likely N-dealkylation sites (tertiary alicyclic amines) is 1. The summed E-state index contributed by atoms with van der Waals surface area (Å²) < 4.78 is 0. The summed E-state index contributed by atoms with van der Waals surface area (Å²) in [5.41, 5.74) is 2.41. The zero-order valence-electron chi connectivity index (χ0n) is 16.8. The van der Waals surface area contributed by atoms with Gasteiger partial charge in [0, 0.05) is 12.0 Å². The summed E-state index contributed by atoms with van der Waals surface area (Å²) in [7, 11) is 0. The molecule has 1 aliphatic heterocycles. The lowest BCUT2D eigenvalue weighted by Crippen LogP contribution is -2.56. The zero-order valence-corrected chi connectivity index (χ0v) is 16.8. The highest BCUT2D eigenvalue weighted by atomic mass is 16.3. The molecule has 1 saturated heterocycles. The van der Waals surface area contributed by atoms with Crippen molar-refractivity contribution >= 4 is 0 Å². The van der Waals surface area contributed by atoms with E-state index in [1.54, 1.807) is 0 Å². The van der Waals surface area contributed by atoms with E-state index in [2.05, 4.69) is 17.9 Å². The summed E-state index contributed by atoms with van der Waals surface area (Å²) >= 11 is 0. The number of hydrogen-bond donors (Lipinski definition) is 2. The van der Waals surface area contributed by atoms with Crippen molar-refractivity contribution in [2.24, 2.45) is 17.3 Å². The van der Waals surface area contributed by atoms with E-state index in [0.29, 0.717) is 23.5 Å². The maximum Gasteiger partial charge on any atom is 0.115 e. The first-order valence-electron chi connectivity index (χ1n) is 11.3. The van der Waals surface area contributed by atoms with E-state index in [1.165, 1.54) is 62.7 Å². The first kappa shape index (κ1) is 18.0. The molecule has 27 heavy (non-hydrogen) atoms. The molecule has 148 valence electrons. The number of rotatable bonds is 2. The fourth-order valence-electron chi connectivity index (χ4n) is 7.43. The fraction of sp³-hybridized carbons (Fsp3) is 0.750. The molecule has 3 aliphatic carbocycles. The number of phenols is 1. The van der Waals surface area contributed by atoms with Gasteiger partial charge in [0.2, 0.25) is 0 Å². The molecule has 1 aromatic rings. The lowest BCUT2D eigenvalue weighted by Gasteiger charge is -2.54. The minimum atomic E-state index is -0.505. The quantitative estimate of drug-likeness (QED) is 0.809. The zero-order chi connectivity index (χ0) is 18.6. The number of phenolic OH excluding ortho intramolecular Hbond substituents is 1. The van der Waals surface area contributed by atoms with Crippen LogP contribution in [0.1, 0.15) is 75.3 Å². The molecule has 3 heteroatoms. The smallest absolute Gasteiger partial charge is 0.115 e. The van der Waals surface area contributed by atoms with Gasteiger partial charge in [-0.15, -0.1) is 0 Å². The molecule has 5 atom stereocenters. The Morgan fingerprint density at radius 1 is 1.07 bits per heavy atom. The Morgan fingerprint density at radius 3 is 2.70 bits per heavy atom. The van der Waals surface area contributed by atoms with Crippen LogP contribution in [0.3, 0.4) is 0 Å². The number of piperidine rings is 1. The van der Waals surface area contributed by atoms with E-state index < -0.39 is 5.60 Å². The van der Waals surface area contributed by atoms with E-state index in [0.717, 1.165) is 25.8 Å². The van der Waals surface area contributed by atoms with Crippen LogP contribution < -0.4 is 0 Å². The Bertz CT molecular complexity index is 712. The summed E-state index contributed by atoms with van der Waals surface area (Å²) in [5, 5.41) is 21.7. The van der Waals surface area contributed by atoms with Crippen LogP contribution in [0, 0.1) is 17.3 Å². The largest absolute Gasteiger partial charge is 0.508 e. The maximum atomic E-state index is 11.8. The van der Waals surface area contributed by atoms with Crippen molar-refractivity contribution in [3.05, 3.63) is 29.3 Å². The minimum Gasteiger partial charge on any atom is -0.508 e. The van der Waals surface area contributed by atoms with Gasteiger partial charge in [-0.2, -0.15) is 0 Å². The third-order valence-electron chi connectivity index (χ3n) is 8.97. The second-order valence-corrected chi connectivity index (χ2v) is 10.2. The highest BCUT2D eigenvalue weighted by Crippen LogP contribution is 2.64. The molecule has 1 aromatic carbocycles. The minimum absolute atomic E-state index is 0.0695.